The van der Waals surface area contributed by atoms with Crippen molar-refractivity contribution < 1.29 is 4.79 Å². The molecule has 0 aliphatic carbocycles. The zero-order valence-corrected chi connectivity index (χ0v) is 14.5. The Hall–Kier alpha value is -2.18. The summed E-state index contributed by atoms with van der Waals surface area (Å²) in [7, 11) is 0. The summed E-state index contributed by atoms with van der Waals surface area (Å²) >= 11 is 0. The van der Waals surface area contributed by atoms with Gasteiger partial charge in [-0.15, -0.1) is 12.4 Å². The second-order valence-electron chi connectivity index (χ2n) is 6.03. The molecule has 0 spiro atoms. The average Bonchev–Trinajstić information content (AvgIpc) is 2.94. The predicted octanol–water partition coefficient (Wildman–Crippen LogP) is 1.38. The summed E-state index contributed by atoms with van der Waals surface area (Å²) in [5.74, 6) is -0.189. The SMILES string of the molecule is Cc1n[nH]c(=O)c(C(=O)N2C[C@@H](N)[C@H](c3ccccc3)C2)c1C.Cl. The third kappa shape index (κ3) is 3.20. The molecule has 6 nitrogen and oxygen atoms in total. The number of nitrogens with zero attached hydrogens (tertiary/aromatic N) is 2. The van der Waals surface area contributed by atoms with Crippen LogP contribution in [0.4, 0.5) is 0 Å². The van der Waals surface area contributed by atoms with Gasteiger partial charge in [0.05, 0.1) is 5.69 Å². The highest BCUT2D eigenvalue weighted by atomic mass is 35.5. The number of rotatable bonds is 2. The number of aromatic amines is 1. The largest absolute Gasteiger partial charge is 0.336 e. The van der Waals surface area contributed by atoms with Crippen LogP contribution in [0.2, 0.25) is 0 Å². The fourth-order valence-corrected chi connectivity index (χ4v) is 3.09. The lowest BCUT2D eigenvalue weighted by Gasteiger charge is -2.17. The van der Waals surface area contributed by atoms with Crippen molar-refractivity contribution in [3.05, 3.63) is 63.1 Å². The van der Waals surface area contributed by atoms with Gasteiger partial charge in [-0.1, -0.05) is 30.3 Å². The Balaban J connectivity index is 0.00000208. The Morgan fingerprint density at radius 2 is 1.92 bits per heavy atom. The van der Waals surface area contributed by atoms with E-state index in [0.29, 0.717) is 24.3 Å². The van der Waals surface area contributed by atoms with E-state index in [0.717, 1.165) is 5.56 Å². The number of hydrogen-bond acceptors (Lipinski definition) is 4. The van der Waals surface area contributed by atoms with Gasteiger partial charge >= 0.3 is 0 Å². The van der Waals surface area contributed by atoms with Crippen molar-refractivity contribution in [2.45, 2.75) is 25.8 Å². The number of aryl methyl sites for hydroxylation is 1. The molecule has 2 atom stereocenters. The topological polar surface area (TPSA) is 92.1 Å². The first-order valence-electron chi connectivity index (χ1n) is 7.64. The molecule has 2 heterocycles. The Kier molecular flexibility index (Phi) is 5.41. The van der Waals surface area contributed by atoms with E-state index in [1.54, 1.807) is 18.7 Å². The van der Waals surface area contributed by atoms with Crippen molar-refractivity contribution >= 4 is 18.3 Å². The molecule has 0 saturated carbocycles. The van der Waals surface area contributed by atoms with Crippen molar-refractivity contribution in [1.29, 1.82) is 0 Å². The summed E-state index contributed by atoms with van der Waals surface area (Å²) in [5.41, 5.74) is 8.33. The van der Waals surface area contributed by atoms with Gasteiger partial charge in [0, 0.05) is 25.0 Å². The normalized spacial score (nSPS) is 19.9. The third-order valence-electron chi connectivity index (χ3n) is 4.56. The predicted molar refractivity (Wildman–Crippen MR) is 94.6 cm³/mol. The van der Waals surface area contributed by atoms with Crippen molar-refractivity contribution in [2.24, 2.45) is 5.73 Å². The molecule has 3 N–H and O–H groups in total. The number of hydrogen-bond donors (Lipinski definition) is 2. The first kappa shape index (κ1) is 18.2. The minimum Gasteiger partial charge on any atom is -0.336 e. The number of nitrogens with one attached hydrogen (secondary N) is 1. The summed E-state index contributed by atoms with van der Waals surface area (Å²) in [6.45, 7) is 4.48. The minimum atomic E-state index is -0.449. The van der Waals surface area contributed by atoms with Crippen LogP contribution in [-0.2, 0) is 0 Å². The van der Waals surface area contributed by atoms with Crippen molar-refractivity contribution in [1.82, 2.24) is 15.1 Å². The molecule has 1 aromatic heterocycles. The zero-order valence-electron chi connectivity index (χ0n) is 13.7. The number of nitrogens with two attached hydrogens (primary N) is 1. The molecular formula is C17H21ClN4O2. The molecule has 3 rings (SSSR count). The summed E-state index contributed by atoms with van der Waals surface area (Å²) < 4.78 is 0. The fourth-order valence-electron chi connectivity index (χ4n) is 3.09. The van der Waals surface area contributed by atoms with E-state index >= 15 is 0 Å². The van der Waals surface area contributed by atoms with E-state index in [1.807, 2.05) is 30.3 Å². The smallest absolute Gasteiger partial charge is 0.277 e. The van der Waals surface area contributed by atoms with Gasteiger partial charge in [0.15, 0.2) is 0 Å². The Labute approximate surface area is 146 Å². The number of amides is 1. The average molecular weight is 349 g/mol. The molecule has 128 valence electrons. The second kappa shape index (κ2) is 7.15. The number of aromatic nitrogens is 2. The highest BCUT2D eigenvalue weighted by Crippen LogP contribution is 2.27. The van der Waals surface area contributed by atoms with E-state index in [4.69, 9.17) is 5.73 Å². The fraction of sp³-hybridized carbons (Fsp3) is 0.353. The van der Waals surface area contributed by atoms with E-state index in [9.17, 15) is 9.59 Å². The summed E-state index contributed by atoms with van der Waals surface area (Å²) in [5, 5.41) is 6.28. The van der Waals surface area contributed by atoms with Crippen LogP contribution in [0, 0.1) is 13.8 Å². The Bertz CT molecular complexity index is 791. The summed E-state index contributed by atoms with van der Waals surface area (Å²) in [6.07, 6.45) is 0. The zero-order chi connectivity index (χ0) is 16.6. The van der Waals surface area contributed by atoms with Crippen LogP contribution < -0.4 is 11.3 Å². The third-order valence-corrected chi connectivity index (χ3v) is 4.56. The summed E-state index contributed by atoms with van der Waals surface area (Å²) in [4.78, 5) is 26.5. The van der Waals surface area contributed by atoms with Crippen molar-refractivity contribution in [2.75, 3.05) is 13.1 Å². The van der Waals surface area contributed by atoms with Gasteiger partial charge in [-0.3, -0.25) is 9.59 Å². The van der Waals surface area contributed by atoms with E-state index in [2.05, 4.69) is 10.2 Å². The molecule has 1 aliphatic heterocycles. The first-order valence-corrected chi connectivity index (χ1v) is 7.64. The molecule has 0 radical (unpaired) electrons. The lowest BCUT2D eigenvalue weighted by atomic mass is 9.95. The number of likely N-dealkylation sites (tertiary alicyclic amines) is 1. The van der Waals surface area contributed by atoms with Crippen LogP contribution in [0.25, 0.3) is 0 Å². The quantitative estimate of drug-likeness (QED) is 0.857. The van der Waals surface area contributed by atoms with Gasteiger partial charge in [-0.2, -0.15) is 5.10 Å². The lowest BCUT2D eigenvalue weighted by Crippen LogP contribution is -2.36. The molecule has 1 amide bonds. The molecule has 1 saturated heterocycles. The van der Waals surface area contributed by atoms with Gasteiger partial charge in [0.25, 0.3) is 11.5 Å². The first-order chi connectivity index (χ1) is 11.0. The molecular weight excluding hydrogens is 328 g/mol. The number of H-pyrrole nitrogens is 1. The van der Waals surface area contributed by atoms with Gasteiger partial charge in [0.2, 0.25) is 0 Å². The Morgan fingerprint density at radius 1 is 1.25 bits per heavy atom. The summed E-state index contributed by atoms with van der Waals surface area (Å²) in [6, 6.07) is 9.79. The maximum Gasteiger partial charge on any atom is 0.277 e. The van der Waals surface area contributed by atoms with Crippen LogP contribution in [0.15, 0.2) is 35.1 Å². The van der Waals surface area contributed by atoms with Crippen molar-refractivity contribution in [3.8, 4) is 0 Å². The van der Waals surface area contributed by atoms with E-state index in [1.165, 1.54) is 0 Å². The lowest BCUT2D eigenvalue weighted by molar-refractivity contribution is 0.0786. The molecule has 1 aromatic carbocycles. The molecule has 0 bridgehead atoms. The van der Waals surface area contributed by atoms with Gasteiger partial charge in [0.1, 0.15) is 5.56 Å². The van der Waals surface area contributed by atoms with Gasteiger partial charge in [-0.25, -0.2) is 5.10 Å². The molecule has 7 heteroatoms. The van der Waals surface area contributed by atoms with Gasteiger partial charge in [-0.05, 0) is 25.0 Å². The highest BCUT2D eigenvalue weighted by Gasteiger charge is 2.35. The van der Waals surface area contributed by atoms with Crippen LogP contribution >= 0.6 is 12.4 Å². The monoisotopic (exact) mass is 348 g/mol. The van der Waals surface area contributed by atoms with Crippen LogP contribution in [0.3, 0.4) is 0 Å². The highest BCUT2D eigenvalue weighted by molar-refractivity contribution is 5.95. The van der Waals surface area contributed by atoms with E-state index < -0.39 is 5.56 Å². The standard InChI is InChI=1S/C17H20N4O2.ClH/c1-10-11(2)19-20-16(22)15(10)17(23)21-8-13(14(18)9-21)12-6-4-3-5-7-12;/h3-7,13-14H,8-9,18H2,1-2H3,(H,20,22);1H/t13-,14+;/m0./s1. The van der Waals surface area contributed by atoms with Crippen LogP contribution in [-0.4, -0.2) is 40.1 Å². The van der Waals surface area contributed by atoms with Crippen molar-refractivity contribution in [3.63, 3.8) is 0 Å². The maximum absolute atomic E-state index is 12.8. The molecule has 1 aliphatic rings. The Morgan fingerprint density at radius 3 is 2.58 bits per heavy atom. The number of carbonyl (C=O) groups is 1. The number of benzene rings is 1. The maximum atomic E-state index is 12.8. The van der Waals surface area contributed by atoms with Crippen LogP contribution in [0.5, 0.6) is 0 Å². The minimum absolute atomic E-state index is 0. The molecule has 2 aromatic rings. The molecule has 1 fully saturated rings. The molecule has 24 heavy (non-hydrogen) atoms. The molecule has 0 unspecified atom stereocenters. The second-order valence-corrected chi connectivity index (χ2v) is 6.03. The number of halogens is 1. The van der Waals surface area contributed by atoms with E-state index in [-0.39, 0.29) is 35.8 Å². The number of carbonyl (C=O) groups excluding carboxylic acids is 1. The van der Waals surface area contributed by atoms with Gasteiger partial charge < -0.3 is 10.6 Å². The van der Waals surface area contributed by atoms with Crippen LogP contribution in [0.1, 0.15) is 33.1 Å².